The van der Waals surface area contributed by atoms with Crippen molar-refractivity contribution in [3.05, 3.63) is 54.4 Å². The Bertz CT molecular complexity index is 1170. The van der Waals surface area contributed by atoms with Crippen LogP contribution in [0.3, 0.4) is 0 Å². The molecule has 4 rings (SSSR count). The number of amides is 2. The van der Waals surface area contributed by atoms with Gasteiger partial charge in [-0.3, -0.25) is 9.59 Å². The van der Waals surface area contributed by atoms with E-state index in [9.17, 15) is 18.4 Å². The van der Waals surface area contributed by atoms with E-state index in [0.717, 1.165) is 43.8 Å². The van der Waals surface area contributed by atoms with Gasteiger partial charge in [0.25, 0.3) is 0 Å². The molecule has 0 saturated carbocycles. The third kappa shape index (κ3) is 4.67. The van der Waals surface area contributed by atoms with Crippen molar-refractivity contribution in [2.75, 3.05) is 23.3 Å². The summed E-state index contributed by atoms with van der Waals surface area (Å²) in [5.41, 5.74) is 7.69. The number of nitrogens with one attached hydrogen (secondary N) is 1. The minimum Gasteiger partial charge on any atom is -0.371 e. The Hall–Kier alpha value is -3.49. The minimum absolute atomic E-state index is 0.0722. The lowest BCUT2D eigenvalue weighted by Crippen LogP contribution is -2.38. The fraction of sp³-hybridized carbons (Fsp3) is 0.375. The maximum absolute atomic E-state index is 13.8. The van der Waals surface area contributed by atoms with Gasteiger partial charge >= 0.3 is 0 Å². The van der Waals surface area contributed by atoms with E-state index in [-0.39, 0.29) is 29.2 Å². The average Bonchev–Trinajstić information content (AvgIpc) is 3.16. The van der Waals surface area contributed by atoms with Crippen LogP contribution in [0.15, 0.2) is 42.7 Å². The van der Waals surface area contributed by atoms with Crippen LogP contribution < -0.4 is 16.0 Å². The van der Waals surface area contributed by atoms with Crippen LogP contribution in [0.5, 0.6) is 0 Å². The summed E-state index contributed by atoms with van der Waals surface area (Å²) in [7, 11) is 0. The molecule has 1 aliphatic rings. The van der Waals surface area contributed by atoms with Gasteiger partial charge in [-0.15, -0.1) is 0 Å². The van der Waals surface area contributed by atoms with Crippen molar-refractivity contribution in [3.8, 4) is 0 Å². The lowest BCUT2D eigenvalue weighted by molar-refractivity contribution is -0.122. The number of primary amides is 1. The number of halogens is 2. The Morgan fingerprint density at radius 1 is 1.09 bits per heavy atom. The van der Waals surface area contributed by atoms with Gasteiger partial charge in [-0.2, -0.15) is 0 Å². The maximum atomic E-state index is 13.8. The molecular weight excluding hydrogens is 428 g/mol. The van der Waals surface area contributed by atoms with Gasteiger partial charge in [0.05, 0.1) is 17.4 Å². The molecule has 0 bridgehead atoms. The molecule has 0 spiro atoms. The number of rotatable bonds is 6. The predicted octanol–water partition coefficient (Wildman–Crippen LogP) is 3.85. The van der Waals surface area contributed by atoms with Crippen molar-refractivity contribution in [3.63, 3.8) is 0 Å². The van der Waals surface area contributed by atoms with Gasteiger partial charge in [-0.1, -0.05) is 13.8 Å². The Morgan fingerprint density at radius 3 is 2.33 bits per heavy atom. The largest absolute Gasteiger partial charge is 0.371 e. The predicted molar refractivity (Wildman–Crippen MR) is 123 cm³/mol. The standard InChI is InChI=1S/C24H27F2N5O2/c1-14(2)22(31-13-28-20-11-18(25)19(26)12-21(20)31)24(33)29-16-3-5-17(6-4-16)30-9-7-15(8-10-30)23(27)32/h3-6,11-15,22H,7-10H2,1-2H3,(H2,27,32)(H,29,33). The van der Waals surface area contributed by atoms with Crippen LogP contribution in [0, 0.1) is 23.5 Å². The summed E-state index contributed by atoms with van der Waals surface area (Å²) in [6.45, 7) is 5.27. The van der Waals surface area contributed by atoms with Crippen molar-refractivity contribution >= 4 is 34.2 Å². The van der Waals surface area contributed by atoms with Gasteiger partial charge < -0.3 is 20.5 Å². The molecule has 1 atom stereocenters. The van der Waals surface area contributed by atoms with Crippen molar-refractivity contribution in [2.24, 2.45) is 17.6 Å². The summed E-state index contributed by atoms with van der Waals surface area (Å²) < 4.78 is 29.0. The number of fused-ring (bicyclic) bond motifs is 1. The van der Waals surface area contributed by atoms with Gasteiger partial charge in [0.2, 0.25) is 11.8 Å². The van der Waals surface area contributed by atoms with E-state index in [1.54, 1.807) is 4.57 Å². The zero-order valence-corrected chi connectivity index (χ0v) is 18.6. The topological polar surface area (TPSA) is 93.3 Å². The molecule has 3 N–H and O–H groups in total. The highest BCUT2D eigenvalue weighted by Crippen LogP contribution is 2.28. The van der Waals surface area contributed by atoms with Crippen molar-refractivity contribution in [1.82, 2.24) is 9.55 Å². The van der Waals surface area contributed by atoms with Crippen molar-refractivity contribution in [2.45, 2.75) is 32.7 Å². The number of carbonyl (C=O) groups is 2. The molecule has 1 unspecified atom stereocenters. The highest BCUT2D eigenvalue weighted by atomic mass is 19.2. The minimum atomic E-state index is -0.984. The Labute approximate surface area is 190 Å². The molecule has 3 aromatic rings. The maximum Gasteiger partial charge on any atom is 0.247 e. The van der Waals surface area contributed by atoms with E-state index in [2.05, 4.69) is 15.2 Å². The van der Waals surface area contributed by atoms with E-state index < -0.39 is 17.7 Å². The number of piperidine rings is 1. The second-order valence-corrected chi connectivity index (χ2v) is 8.80. The van der Waals surface area contributed by atoms with E-state index in [1.165, 1.54) is 6.33 Å². The number of anilines is 2. The molecule has 2 amide bonds. The van der Waals surface area contributed by atoms with Crippen LogP contribution >= 0.6 is 0 Å². The molecule has 2 heterocycles. The number of hydrogen-bond acceptors (Lipinski definition) is 4. The van der Waals surface area contributed by atoms with E-state index in [4.69, 9.17) is 5.73 Å². The number of aromatic nitrogens is 2. The Morgan fingerprint density at radius 2 is 1.73 bits per heavy atom. The lowest BCUT2D eigenvalue weighted by atomic mass is 9.96. The first-order valence-corrected chi connectivity index (χ1v) is 11.0. The van der Waals surface area contributed by atoms with E-state index >= 15 is 0 Å². The summed E-state index contributed by atoms with van der Waals surface area (Å²) in [5, 5.41) is 2.92. The summed E-state index contributed by atoms with van der Waals surface area (Å²) in [6.07, 6.45) is 2.90. The van der Waals surface area contributed by atoms with Crippen LogP contribution in [0.1, 0.15) is 32.7 Å². The molecule has 174 valence electrons. The molecule has 1 aliphatic heterocycles. The van der Waals surface area contributed by atoms with Gasteiger partial charge in [0.15, 0.2) is 11.6 Å². The van der Waals surface area contributed by atoms with Gasteiger partial charge in [-0.05, 0) is 43.0 Å². The Kier molecular flexibility index (Phi) is 6.31. The molecule has 2 aromatic carbocycles. The average molecular weight is 456 g/mol. The van der Waals surface area contributed by atoms with Crippen LogP contribution in [0.2, 0.25) is 0 Å². The van der Waals surface area contributed by atoms with E-state index in [1.807, 2.05) is 38.1 Å². The molecule has 1 fully saturated rings. The van der Waals surface area contributed by atoms with E-state index in [0.29, 0.717) is 11.2 Å². The molecule has 9 heteroatoms. The quantitative estimate of drug-likeness (QED) is 0.590. The molecule has 0 aliphatic carbocycles. The third-order valence-electron chi connectivity index (χ3n) is 6.21. The SMILES string of the molecule is CC(C)C(C(=O)Nc1ccc(N2CCC(C(N)=O)CC2)cc1)n1cnc2cc(F)c(F)cc21. The highest BCUT2D eigenvalue weighted by Gasteiger charge is 2.27. The third-order valence-corrected chi connectivity index (χ3v) is 6.21. The second kappa shape index (κ2) is 9.17. The number of imidazole rings is 1. The fourth-order valence-corrected chi connectivity index (χ4v) is 4.39. The summed E-state index contributed by atoms with van der Waals surface area (Å²) in [6, 6.07) is 8.94. The number of hydrogen-bond donors (Lipinski definition) is 2. The van der Waals surface area contributed by atoms with Crippen LogP contribution in [-0.4, -0.2) is 34.5 Å². The van der Waals surface area contributed by atoms with Crippen molar-refractivity contribution in [1.29, 1.82) is 0 Å². The molecule has 1 saturated heterocycles. The molecular formula is C24H27F2N5O2. The highest BCUT2D eigenvalue weighted by molar-refractivity contribution is 5.95. The monoisotopic (exact) mass is 455 g/mol. The summed E-state index contributed by atoms with van der Waals surface area (Å²) in [5.74, 6) is -2.67. The van der Waals surface area contributed by atoms with Crippen LogP contribution in [0.25, 0.3) is 11.0 Å². The van der Waals surface area contributed by atoms with Gasteiger partial charge in [0.1, 0.15) is 6.04 Å². The molecule has 33 heavy (non-hydrogen) atoms. The van der Waals surface area contributed by atoms with Gasteiger partial charge in [0, 0.05) is 42.5 Å². The molecule has 7 nitrogen and oxygen atoms in total. The first kappa shape index (κ1) is 22.7. The second-order valence-electron chi connectivity index (χ2n) is 8.80. The first-order chi connectivity index (χ1) is 15.7. The molecule has 1 aromatic heterocycles. The number of benzene rings is 2. The summed E-state index contributed by atoms with van der Waals surface area (Å²) in [4.78, 5) is 30.8. The summed E-state index contributed by atoms with van der Waals surface area (Å²) >= 11 is 0. The smallest absolute Gasteiger partial charge is 0.247 e. The normalized spacial score (nSPS) is 15.7. The Balaban J connectivity index is 1.49. The fourth-order valence-electron chi connectivity index (χ4n) is 4.39. The number of carbonyl (C=O) groups excluding carboxylic acids is 2. The zero-order valence-electron chi connectivity index (χ0n) is 18.6. The first-order valence-electron chi connectivity index (χ1n) is 11.0. The lowest BCUT2D eigenvalue weighted by Gasteiger charge is -2.32. The van der Waals surface area contributed by atoms with Crippen molar-refractivity contribution < 1.29 is 18.4 Å². The number of nitrogens with zero attached hydrogens (tertiary/aromatic N) is 3. The van der Waals surface area contributed by atoms with Crippen LogP contribution in [0.4, 0.5) is 20.2 Å². The van der Waals surface area contributed by atoms with Crippen LogP contribution in [-0.2, 0) is 9.59 Å². The number of nitrogens with two attached hydrogens (primary N) is 1. The molecule has 0 radical (unpaired) electrons. The zero-order chi connectivity index (χ0) is 23.7. The van der Waals surface area contributed by atoms with Gasteiger partial charge in [-0.25, -0.2) is 13.8 Å².